The number of tetrazole rings is 1. The predicted molar refractivity (Wildman–Crippen MR) is 75.4 cm³/mol. The van der Waals surface area contributed by atoms with Gasteiger partial charge in [-0.1, -0.05) is 13.0 Å². The Morgan fingerprint density at radius 2 is 2.15 bits per heavy atom. The SMILES string of the molecule is CCC(COC)n1nnnc1-c1cccc(N)c1OC. The molecule has 0 bridgehead atoms. The second-order valence-electron chi connectivity index (χ2n) is 4.39. The number of aromatic nitrogens is 4. The Morgan fingerprint density at radius 3 is 2.80 bits per heavy atom. The normalized spacial score (nSPS) is 12.3. The van der Waals surface area contributed by atoms with Gasteiger partial charge in [0.2, 0.25) is 0 Å². The Bertz CT molecular complexity index is 570. The summed E-state index contributed by atoms with van der Waals surface area (Å²) < 4.78 is 12.3. The minimum atomic E-state index is 0.0659. The highest BCUT2D eigenvalue weighted by Crippen LogP contribution is 2.34. The van der Waals surface area contributed by atoms with Crippen LogP contribution in [-0.4, -0.2) is 41.0 Å². The summed E-state index contributed by atoms with van der Waals surface area (Å²) in [5.41, 5.74) is 7.25. The fourth-order valence-electron chi connectivity index (χ4n) is 2.13. The molecule has 0 saturated carbocycles. The van der Waals surface area contributed by atoms with Crippen LogP contribution in [-0.2, 0) is 4.74 Å². The Balaban J connectivity index is 2.49. The molecule has 1 aromatic carbocycles. The third-order valence-corrected chi connectivity index (χ3v) is 3.16. The van der Waals surface area contributed by atoms with Crippen molar-refractivity contribution in [3.63, 3.8) is 0 Å². The van der Waals surface area contributed by atoms with Crippen LogP contribution in [0.25, 0.3) is 11.4 Å². The zero-order chi connectivity index (χ0) is 14.5. The zero-order valence-corrected chi connectivity index (χ0v) is 11.9. The van der Waals surface area contributed by atoms with Crippen LogP contribution in [0.3, 0.4) is 0 Å². The molecule has 2 rings (SSSR count). The molecule has 0 aliphatic heterocycles. The van der Waals surface area contributed by atoms with E-state index in [1.165, 1.54) is 0 Å². The standard InChI is InChI=1S/C13H19N5O2/c1-4-9(8-19-2)18-13(15-16-17-18)10-6-5-7-11(14)12(10)20-3/h5-7,9H,4,8,14H2,1-3H3. The van der Waals surface area contributed by atoms with Crippen LogP contribution in [0.4, 0.5) is 5.69 Å². The van der Waals surface area contributed by atoms with Crippen LogP contribution in [0.5, 0.6) is 5.75 Å². The van der Waals surface area contributed by atoms with E-state index in [9.17, 15) is 0 Å². The lowest BCUT2D eigenvalue weighted by Gasteiger charge is -2.16. The van der Waals surface area contributed by atoms with E-state index in [-0.39, 0.29) is 6.04 Å². The van der Waals surface area contributed by atoms with Gasteiger partial charge in [-0.2, -0.15) is 0 Å². The van der Waals surface area contributed by atoms with Crippen LogP contribution in [0.2, 0.25) is 0 Å². The Morgan fingerprint density at radius 1 is 1.35 bits per heavy atom. The molecule has 0 saturated heterocycles. The Kier molecular flexibility index (Phi) is 4.52. The number of benzene rings is 1. The molecule has 1 atom stereocenters. The van der Waals surface area contributed by atoms with Crippen molar-refractivity contribution in [3.8, 4) is 17.1 Å². The lowest BCUT2D eigenvalue weighted by atomic mass is 10.1. The van der Waals surface area contributed by atoms with Gasteiger partial charge in [0.1, 0.15) is 0 Å². The second-order valence-corrected chi connectivity index (χ2v) is 4.39. The lowest BCUT2D eigenvalue weighted by molar-refractivity contribution is 0.147. The molecule has 7 nitrogen and oxygen atoms in total. The largest absolute Gasteiger partial charge is 0.494 e. The van der Waals surface area contributed by atoms with Crippen LogP contribution in [0.1, 0.15) is 19.4 Å². The first kappa shape index (κ1) is 14.3. The van der Waals surface area contributed by atoms with Crippen LogP contribution < -0.4 is 10.5 Å². The fraction of sp³-hybridized carbons (Fsp3) is 0.462. The smallest absolute Gasteiger partial charge is 0.186 e. The summed E-state index contributed by atoms with van der Waals surface area (Å²) in [6, 6.07) is 5.58. The molecule has 1 heterocycles. The van der Waals surface area contributed by atoms with Gasteiger partial charge in [-0.05, 0) is 29.0 Å². The van der Waals surface area contributed by atoms with Gasteiger partial charge in [0, 0.05) is 7.11 Å². The summed E-state index contributed by atoms with van der Waals surface area (Å²) in [5, 5.41) is 11.9. The van der Waals surface area contributed by atoms with E-state index in [2.05, 4.69) is 22.4 Å². The van der Waals surface area contributed by atoms with Gasteiger partial charge in [0.15, 0.2) is 11.6 Å². The topological polar surface area (TPSA) is 88.1 Å². The first-order chi connectivity index (χ1) is 9.72. The van der Waals surface area contributed by atoms with Gasteiger partial charge in [-0.25, -0.2) is 4.68 Å². The summed E-state index contributed by atoms with van der Waals surface area (Å²) in [5.74, 6) is 1.20. The van der Waals surface area contributed by atoms with Crippen molar-refractivity contribution in [2.75, 3.05) is 26.6 Å². The summed E-state index contributed by atoms with van der Waals surface area (Å²) >= 11 is 0. The van der Waals surface area contributed by atoms with Crippen molar-refractivity contribution in [1.82, 2.24) is 20.2 Å². The van der Waals surface area contributed by atoms with E-state index < -0.39 is 0 Å². The van der Waals surface area contributed by atoms with Gasteiger partial charge >= 0.3 is 0 Å². The minimum absolute atomic E-state index is 0.0659. The highest BCUT2D eigenvalue weighted by atomic mass is 16.5. The maximum Gasteiger partial charge on any atom is 0.186 e. The monoisotopic (exact) mass is 277 g/mol. The van der Waals surface area contributed by atoms with E-state index in [1.807, 2.05) is 12.1 Å². The van der Waals surface area contributed by atoms with Crippen molar-refractivity contribution in [1.29, 1.82) is 0 Å². The number of nitrogens with zero attached hydrogens (tertiary/aromatic N) is 4. The number of nitrogen functional groups attached to an aromatic ring is 1. The van der Waals surface area contributed by atoms with E-state index >= 15 is 0 Å². The summed E-state index contributed by atoms with van der Waals surface area (Å²) in [4.78, 5) is 0. The van der Waals surface area contributed by atoms with E-state index in [0.717, 1.165) is 12.0 Å². The first-order valence-corrected chi connectivity index (χ1v) is 6.42. The molecule has 0 fully saturated rings. The van der Waals surface area contributed by atoms with Crippen molar-refractivity contribution in [2.24, 2.45) is 0 Å². The van der Waals surface area contributed by atoms with Gasteiger partial charge in [-0.15, -0.1) is 5.10 Å². The summed E-state index contributed by atoms with van der Waals surface area (Å²) in [6.45, 7) is 2.60. The number of nitrogens with two attached hydrogens (primary N) is 1. The maximum atomic E-state index is 5.93. The van der Waals surface area contributed by atoms with Crippen LogP contribution in [0.15, 0.2) is 18.2 Å². The first-order valence-electron chi connectivity index (χ1n) is 6.42. The van der Waals surface area contributed by atoms with Crippen LogP contribution in [0, 0.1) is 0 Å². The number of hydrogen-bond acceptors (Lipinski definition) is 6. The van der Waals surface area contributed by atoms with E-state index in [0.29, 0.717) is 23.9 Å². The summed E-state index contributed by atoms with van der Waals surface area (Å²) in [6.07, 6.45) is 0.858. The van der Waals surface area contributed by atoms with Gasteiger partial charge < -0.3 is 15.2 Å². The molecule has 0 aliphatic rings. The maximum absolute atomic E-state index is 5.93. The number of anilines is 1. The molecule has 2 N–H and O–H groups in total. The average molecular weight is 277 g/mol. The van der Waals surface area contributed by atoms with E-state index in [1.54, 1.807) is 25.0 Å². The quantitative estimate of drug-likeness (QED) is 0.805. The van der Waals surface area contributed by atoms with Crippen molar-refractivity contribution in [3.05, 3.63) is 18.2 Å². The molecule has 0 spiro atoms. The summed E-state index contributed by atoms with van der Waals surface area (Å²) in [7, 11) is 3.24. The number of methoxy groups -OCH3 is 2. The molecule has 20 heavy (non-hydrogen) atoms. The highest BCUT2D eigenvalue weighted by Gasteiger charge is 2.20. The van der Waals surface area contributed by atoms with Gasteiger partial charge in [-0.3, -0.25) is 0 Å². The van der Waals surface area contributed by atoms with Crippen molar-refractivity contribution in [2.45, 2.75) is 19.4 Å². The molecule has 1 unspecified atom stereocenters. The molecule has 0 amide bonds. The molecule has 2 aromatic rings. The molecule has 0 aliphatic carbocycles. The van der Waals surface area contributed by atoms with E-state index in [4.69, 9.17) is 15.2 Å². The number of para-hydroxylation sites is 1. The number of ether oxygens (including phenoxy) is 2. The number of hydrogen-bond donors (Lipinski definition) is 1. The fourth-order valence-corrected chi connectivity index (χ4v) is 2.13. The number of rotatable bonds is 6. The average Bonchev–Trinajstić information content (AvgIpc) is 2.93. The van der Waals surface area contributed by atoms with Crippen molar-refractivity contribution < 1.29 is 9.47 Å². The molecule has 108 valence electrons. The van der Waals surface area contributed by atoms with Gasteiger partial charge in [0.25, 0.3) is 0 Å². The Hall–Kier alpha value is -2.15. The highest BCUT2D eigenvalue weighted by molar-refractivity contribution is 5.73. The molecule has 7 heteroatoms. The third kappa shape index (κ3) is 2.57. The van der Waals surface area contributed by atoms with Crippen molar-refractivity contribution >= 4 is 5.69 Å². The molecular formula is C13H19N5O2. The van der Waals surface area contributed by atoms with Crippen LogP contribution >= 0.6 is 0 Å². The zero-order valence-electron chi connectivity index (χ0n) is 11.9. The molecular weight excluding hydrogens is 258 g/mol. The third-order valence-electron chi connectivity index (χ3n) is 3.16. The minimum Gasteiger partial charge on any atom is -0.494 e. The second kappa shape index (κ2) is 6.33. The van der Waals surface area contributed by atoms with Gasteiger partial charge in [0.05, 0.1) is 31.0 Å². The predicted octanol–water partition coefficient (Wildman–Crippen LogP) is 1.53. The molecule has 0 radical (unpaired) electrons. The molecule has 1 aromatic heterocycles. The Labute approximate surface area is 117 Å². The lowest BCUT2D eigenvalue weighted by Crippen LogP contribution is -2.17.